The maximum atomic E-state index is 13.0. The first kappa shape index (κ1) is 15.5. The van der Waals surface area contributed by atoms with Gasteiger partial charge in [-0.3, -0.25) is 4.98 Å². The van der Waals surface area contributed by atoms with Gasteiger partial charge in [-0.1, -0.05) is 0 Å². The molecule has 6 nitrogen and oxygen atoms in total. The number of rotatable bonds is 3. The highest BCUT2D eigenvalue weighted by Gasteiger charge is 2.14. The second-order valence-corrected chi connectivity index (χ2v) is 5.69. The number of esters is 1. The molecular weight excluding hydrogens is 414 g/mol. The minimum absolute atomic E-state index is 0.129. The van der Waals surface area contributed by atoms with E-state index >= 15 is 0 Å². The third kappa shape index (κ3) is 3.21. The Morgan fingerprint density at radius 1 is 1.22 bits per heavy atom. The second-order valence-electron chi connectivity index (χ2n) is 4.53. The predicted octanol–water partition coefficient (Wildman–Crippen LogP) is 2.86. The van der Waals surface area contributed by atoms with Gasteiger partial charge < -0.3 is 4.74 Å². The topological polar surface area (TPSA) is 69.9 Å². The van der Waals surface area contributed by atoms with Crippen LogP contribution >= 0.6 is 22.6 Å². The van der Waals surface area contributed by atoms with E-state index < -0.39 is 5.97 Å². The van der Waals surface area contributed by atoms with E-state index in [0.29, 0.717) is 11.4 Å². The Balaban J connectivity index is 1.94. The van der Waals surface area contributed by atoms with E-state index in [1.807, 2.05) is 0 Å². The van der Waals surface area contributed by atoms with Gasteiger partial charge in [-0.15, -0.1) is 0 Å². The van der Waals surface area contributed by atoms with Crippen LogP contribution in [0.2, 0.25) is 0 Å². The summed E-state index contributed by atoms with van der Waals surface area (Å²) >= 11 is 2.13. The van der Waals surface area contributed by atoms with Crippen molar-refractivity contribution in [2.75, 3.05) is 7.11 Å². The molecule has 2 aromatic heterocycles. The molecule has 0 bridgehead atoms. The molecule has 0 aliphatic rings. The summed E-state index contributed by atoms with van der Waals surface area (Å²) in [5.74, 6) is -0.851. The van der Waals surface area contributed by atoms with E-state index in [9.17, 15) is 9.18 Å². The Hall–Kier alpha value is -2.36. The molecule has 1 aromatic carbocycles. The summed E-state index contributed by atoms with van der Waals surface area (Å²) in [5.41, 5.74) is 2.01. The molecule has 0 saturated heterocycles. The van der Waals surface area contributed by atoms with Crippen LogP contribution in [0.3, 0.4) is 0 Å². The molecule has 0 N–H and O–H groups in total. The van der Waals surface area contributed by atoms with Gasteiger partial charge in [-0.25, -0.2) is 18.9 Å². The van der Waals surface area contributed by atoms with Gasteiger partial charge >= 0.3 is 5.97 Å². The number of hydrogen-bond donors (Lipinski definition) is 0. The highest BCUT2D eigenvalue weighted by atomic mass is 127. The largest absolute Gasteiger partial charge is 0.464 e. The molecule has 0 unspecified atom stereocenters. The molecule has 8 heteroatoms. The zero-order valence-electron chi connectivity index (χ0n) is 11.9. The molecule has 0 radical (unpaired) electrons. The Kier molecular flexibility index (Phi) is 4.33. The number of ether oxygens (including phenoxy) is 1. The normalized spacial score (nSPS) is 10.6. The highest BCUT2D eigenvalue weighted by Crippen LogP contribution is 2.23. The molecule has 116 valence electrons. The molecular formula is C15H10FIN4O2. The Morgan fingerprint density at radius 2 is 1.96 bits per heavy atom. The lowest BCUT2D eigenvalue weighted by atomic mass is 10.3. The summed E-state index contributed by atoms with van der Waals surface area (Å²) in [7, 11) is 1.28. The molecule has 0 saturated carbocycles. The van der Waals surface area contributed by atoms with E-state index in [2.05, 4.69) is 42.4 Å². The summed E-state index contributed by atoms with van der Waals surface area (Å²) in [6.07, 6.45) is 4.61. The fourth-order valence-corrected chi connectivity index (χ4v) is 2.56. The summed E-state index contributed by atoms with van der Waals surface area (Å²) < 4.78 is 20.1. The van der Waals surface area contributed by atoms with E-state index in [0.717, 1.165) is 9.26 Å². The first-order chi connectivity index (χ1) is 11.1. The van der Waals surface area contributed by atoms with Gasteiger partial charge in [0, 0.05) is 6.20 Å². The highest BCUT2D eigenvalue weighted by molar-refractivity contribution is 14.1. The van der Waals surface area contributed by atoms with Crippen LogP contribution in [-0.4, -0.2) is 32.8 Å². The Labute approximate surface area is 144 Å². The van der Waals surface area contributed by atoms with Crippen LogP contribution in [0, 0.1) is 9.39 Å². The van der Waals surface area contributed by atoms with E-state index in [4.69, 9.17) is 0 Å². The van der Waals surface area contributed by atoms with E-state index in [1.165, 1.54) is 31.6 Å². The molecule has 2 heterocycles. The van der Waals surface area contributed by atoms with Crippen LogP contribution in [0.4, 0.5) is 4.39 Å². The fourth-order valence-electron chi connectivity index (χ4n) is 1.91. The van der Waals surface area contributed by atoms with Crippen molar-refractivity contribution in [3.63, 3.8) is 0 Å². The van der Waals surface area contributed by atoms with Crippen molar-refractivity contribution in [1.29, 1.82) is 0 Å². The van der Waals surface area contributed by atoms with Gasteiger partial charge in [0.2, 0.25) is 0 Å². The summed E-state index contributed by atoms with van der Waals surface area (Å²) in [6.45, 7) is 0. The van der Waals surface area contributed by atoms with Crippen molar-refractivity contribution in [3.8, 4) is 17.1 Å². The van der Waals surface area contributed by atoms with Crippen LogP contribution in [0.15, 0.2) is 42.9 Å². The fraction of sp³-hybridized carbons (Fsp3) is 0.0667. The van der Waals surface area contributed by atoms with Gasteiger partial charge in [-0.2, -0.15) is 5.10 Å². The maximum Gasteiger partial charge on any atom is 0.358 e. The maximum absolute atomic E-state index is 13.0. The molecule has 0 aliphatic carbocycles. The molecule has 0 spiro atoms. The molecule has 3 aromatic rings. The van der Waals surface area contributed by atoms with E-state index in [-0.39, 0.29) is 11.5 Å². The Morgan fingerprint density at radius 3 is 2.57 bits per heavy atom. The zero-order chi connectivity index (χ0) is 16.4. The van der Waals surface area contributed by atoms with Crippen molar-refractivity contribution in [3.05, 3.63) is 57.9 Å². The number of aromatic nitrogens is 4. The van der Waals surface area contributed by atoms with Crippen LogP contribution in [0.5, 0.6) is 0 Å². The number of benzene rings is 1. The SMILES string of the molecule is COC(=O)c1cnc(-c2nn(-c3ccc(F)cc3)cc2I)cn1. The Bertz CT molecular complexity index is 847. The van der Waals surface area contributed by atoms with Crippen molar-refractivity contribution in [1.82, 2.24) is 19.7 Å². The van der Waals surface area contributed by atoms with Crippen molar-refractivity contribution in [2.24, 2.45) is 0 Å². The van der Waals surface area contributed by atoms with Gasteiger partial charge in [0.05, 0.1) is 28.8 Å². The summed E-state index contributed by atoms with van der Waals surface area (Å²) in [4.78, 5) is 19.6. The molecule has 23 heavy (non-hydrogen) atoms. The minimum atomic E-state index is -0.546. The van der Waals surface area contributed by atoms with Gasteiger partial charge in [-0.05, 0) is 46.9 Å². The quantitative estimate of drug-likeness (QED) is 0.478. The number of nitrogens with zero attached hydrogens (tertiary/aromatic N) is 4. The predicted molar refractivity (Wildman–Crippen MR) is 88.6 cm³/mol. The summed E-state index contributed by atoms with van der Waals surface area (Å²) in [5, 5.41) is 4.44. The second kappa shape index (κ2) is 6.41. The number of halogens is 2. The summed E-state index contributed by atoms with van der Waals surface area (Å²) in [6, 6.07) is 6.01. The van der Waals surface area contributed by atoms with Crippen molar-refractivity contribution < 1.29 is 13.9 Å². The lowest BCUT2D eigenvalue weighted by molar-refractivity contribution is 0.0593. The van der Waals surface area contributed by atoms with Gasteiger partial charge in [0.15, 0.2) is 5.69 Å². The molecule has 0 aliphatic heterocycles. The van der Waals surface area contributed by atoms with Crippen molar-refractivity contribution in [2.45, 2.75) is 0 Å². The van der Waals surface area contributed by atoms with Gasteiger partial charge in [0.1, 0.15) is 17.2 Å². The van der Waals surface area contributed by atoms with Crippen molar-refractivity contribution >= 4 is 28.6 Å². The van der Waals surface area contributed by atoms with E-state index in [1.54, 1.807) is 23.0 Å². The first-order valence-corrected chi connectivity index (χ1v) is 7.58. The zero-order valence-corrected chi connectivity index (χ0v) is 14.1. The number of carbonyl (C=O) groups excluding carboxylic acids is 1. The van der Waals surface area contributed by atoms with Gasteiger partial charge in [0.25, 0.3) is 0 Å². The third-order valence-corrected chi connectivity index (χ3v) is 3.84. The van der Waals surface area contributed by atoms with Crippen LogP contribution in [0.25, 0.3) is 17.1 Å². The van der Waals surface area contributed by atoms with Crippen LogP contribution < -0.4 is 0 Å². The monoisotopic (exact) mass is 424 g/mol. The van der Waals surface area contributed by atoms with Crippen LogP contribution in [-0.2, 0) is 4.74 Å². The molecule has 3 rings (SSSR count). The smallest absolute Gasteiger partial charge is 0.358 e. The van der Waals surface area contributed by atoms with Crippen LogP contribution in [0.1, 0.15) is 10.5 Å². The standard InChI is InChI=1S/C15H10FIN4O2/c1-23-15(22)13-7-18-12(6-19-13)14-11(17)8-21(20-14)10-4-2-9(16)3-5-10/h2-8H,1H3. The molecule has 0 fully saturated rings. The third-order valence-electron chi connectivity index (χ3n) is 3.05. The molecule has 0 atom stereocenters. The average molecular weight is 424 g/mol. The lowest BCUT2D eigenvalue weighted by Crippen LogP contribution is -2.05. The first-order valence-electron chi connectivity index (χ1n) is 6.50. The number of hydrogen-bond acceptors (Lipinski definition) is 5. The minimum Gasteiger partial charge on any atom is -0.464 e. The lowest BCUT2D eigenvalue weighted by Gasteiger charge is -2.01. The molecule has 0 amide bonds. The average Bonchev–Trinajstić information content (AvgIpc) is 2.96. The number of methoxy groups -OCH3 is 1. The number of carbonyl (C=O) groups is 1.